The van der Waals surface area contributed by atoms with Gasteiger partial charge in [0, 0.05) is 31.4 Å². The molecule has 0 amide bonds. The fraction of sp³-hybridized carbons (Fsp3) is 0.538. The van der Waals surface area contributed by atoms with Gasteiger partial charge >= 0.3 is 0 Å². The summed E-state index contributed by atoms with van der Waals surface area (Å²) in [6.07, 6.45) is 1.89. The molecule has 1 heterocycles. The number of nitrogens with one attached hydrogen (secondary N) is 1. The highest BCUT2D eigenvalue weighted by Crippen LogP contribution is 2.26. The summed E-state index contributed by atoms with van der Waals surface area (Å²) in [4.78, 5) is 10.4. The van der Waals surface area contributed by atoms with Gasteiger partial charge in [0.15, 0.2) is 0 Å². The van der Waals surface area contributed by atoms with Crippen molar-refractivity contribution < 1.29 is 9.66 Å². The topological polar surface area (TPSA) is 64.4 Å². The third-order valence-electron chi connectivity index (χ3n) is 3.52. The van der Waals surface area contributed by atoms with Gasteiger partial charge in [0.25, 0.3) is 5.69 Å². The summed E-state index contributed by atoms with van der Waals surface area (Å²) in [5.74, 6) is 0. The number of benzene rings is 1. The SMILES string of the molecule is CC1(NCc2ccc(Cl)c([N+](=O)[O-])c2)CCOCC1. The van der Waals surface area contributed by atoms with Crippen molar-refractivity contribution in [2.75, 3.05) is 13.2 Å². The summed E-state index contributed by atoms with van der Waals surface area (Å²) in [5, 5.41) is 14.5. The zero-order valence-corrected chi connectivity index (χ0v) is 11.6. The number of halogens is 1. The Morgan fingerprint density at radius 1 is 1.47 bits per heavy atom. The lowest BCUT2D eigenvalue weighted by Crippen LogP contribution is -2.46. The van der Waals surface area contributed by atoms with Crippen LogP contribution in [0.2, 0.25) is 5.02 Å². The smallest absolute Gasteiger partial charge is 0.288 e. The van der Waals surface area contributed by atoms with Crippen molar-refractivity contribution >= 4 is 17.3 Å². The van der Waals surface area contributed by atoms with Crippen molar-refractivity contribution in [2.45, 2.75) is 31.8 Å². The highest BCUT2D eigenvalue weighted by atomic mass is 35.5. The summed E-state index contributed by atoms with van der Waals surface area (Å²) in [5.41, 5.74) is 0.856. The molecule has 0 bridgehead atoms. The van der Waals surface area contributed by atoms with Crippen LogP contribution in [0.3, 0.4) is 0 Å². The van der Waals surface area contributed by atoms with E-state index >= 15 is 0 Å². The quantitative estimate of drug-likeness (QED) is 0.682. The van der Waals surface area contributed by atoms with E-state index < -0.39 is 4.92 Å². The fourth-order valence-corrected chi connectivity index (χ4v) is 2.31. The molecular weight excluding hydrogens is 268 g/mol. The Kier molecular flexibility index (Phi) is 4.39. The highest BCUT2D eigenvalue weighted by molar-refractivity contribution is 6.32. The second-order valence-corrected chi connectivity index (χ2v) is 5.48. The average Bonchev–Trinajstić information content (AvgIpc) is 2.38. The molecule has 2 rings (SSSR count). The van der Waals surface area contributed by atoms with Gasteiger partial charge in [0.05, 0.1) is 4.92 Å². The maximum Gasteiger partial charge on any atom is 0.288 e. The van der Waals surface area contributed by atoms with Crippen molar-refractivity contribution in [1.29, 1.82) is 0 Å². The third-order valence-corrected chi connectivity index (χ3v) is 3.84. The number of hydrogen-bond acceptors (Lipinski definition) is 4. The molecule has 1 aromatic carbocycles. The van der Waals surface area contributed by atoms with Crippen LogP contribution in [0.25, 0.3) is 0 Å². The predicted molar refractivity (Wildman–Crippen MR) is 73.4 cm³/mol. The van der Waals surface area contributed by atoms with E-state index in [1.54, 1.807) is 6.07 Å². The van der Waals surface area contributed by atoms with Crippen molar-refractivity contribution in [1.82, 2.24) is 5.32 Å². The Morgan fingerprint density at radius 2 is 2.16 bits per heavy atom. The van der Waals surface area contributed by atoms with E-state index in [-0.39, 0.29) is 16.2 Å². The molecule has 0 atom stereocenters. The summed E-state index contributed by atoms with van der Waals surface area (Å²) in [6, 6.07) is 4.91. The largest absolute Gasteiger partial charge is 0.381 e. The second kappa shape index (κ2) is 5.86. The van der Waals surface area contributed by atoms with E-state index in [1.807, 2.05) is 6.07 Å². The van der Waals surface area contributed by atoms with Crippen LogP contribution in [0.4, 0.5) is 5.69 Å². The van der Waals surface area contributed by atoms with Crippen molar-refractivity contribution in [3.8, 4) is 0 Å². The summed E-state index contributed by atoms with van der Waals surface area (Å²) >= 11 is 5.79. The first-order valence-electron chi connectivity index (χ1n) is 6.26. The third kappa shape index (κ3) is 3.65. The summed E-state index contributed by atoms with van der Waals surface area (Å²) in [6.45, 7) is 4.25. The molecule has 19 heavy (non-hydrogen) atoms. The number of nitrogens with zero attached hydrogens (tertiary/aromatic N) is 1. The van der Waals surface area contributed by atoms with Gasteiger partial charge in [0.1, 0.15) is 5.02 Å². The zero-order chi connectivity index (χ0) is 13.9. The average molecular weight is 285 g/mol. The highest BCUT2D eigenvalue weighted by Gasteiger charge is 2.26. The Morgan fingerprint density at radius 3 is 2.79 bits per heavy atom. The minimum Gasteiger partial charge on any atom is -0.381 e. The molecule has 1 N–H and O–H groups in total. The fourth-order valence-electron chi connectivity index (χ4n) is 2.12. The lowest BCUT2D eigenvalue weighted by molar-refractivity contribution is -0.384. The van der Waals surface area contributed by atoms with Crippen molar-refractivity contribution in [3.63, 3.8) is 0 Å². The van der Waals surface area contributed by atoms with Crippen LogP contribution in [0.5, 0.6) is 0 Å². The molecule has 1 aliphatic rings. The van der Waals surface area contributed by atoms with E-state index in [1.165, 1.54) is 6.07 Å². The Balaban J connectivity index is 2.03. The van der Waals surface area contributed by atoms with Gasteiger partial charge < -0.3 is 10.1 Å². The van der Waals surface area contributed by atoms with Crippen molar-refractivity contribution in [3.05, 3.63) is 38.9 Å². The lowest BCUT2D eigenvalue weighted by atomic mass is 9.92. The van der Waals surface area contributed by atoms with E-state index in [9.17, 15) is 10.1 Å². The molecule has 0 aromatic heterocycles. The standard InChI is InChI=1S/C13H17ClN2O3/c1-13(4-6-19-7-5-13)15-9-10-2-3-11(14)12(8-10)16(17)18/h2-3,8,15H,4-7,9H2,1H3. The predicted octanol–water partition coefficient (Wildman–Crippen LogP) is 2.91. The van der Waals surface area contributed by atoms with E-state index in [0.29, 0.717) is 6.54 Å². The van der Waals surface area contributed by atoms with E-state index in [0.717, 1.165) is 31.6 Å². The van der Waals surface area contributed by atoms with E-state index in [2.05, 4.69) is 12.2 Å². The first-order valence-corrected chi connectivity index (χ1v) is 6.64. The molecule has 0 saturated carbocycles. The second-order valence-electron chi connectivity index (χ2n) is 5.07. The number of nitro groups is 1. The molecular formula is C13H17ClN2O3. The number of ether oxygens (including phenoxy) is 1. The molecule has 5 nitrogen and oxygen atoms in total. The van der Waals surface area contributed by atoms with Gasteiger partial charge in [-0.15, -0.1) is 0 Å². The van der Waals surface area contributed by atoms with Gasteiger partial charge in [-0.2, -0.15) is 0 Å². The van der Waals surface area contributed by atoms with Gasteiger partial charge in [0.2, 0.25) is 0 Å². The van der Waals surface area contributed by atoms with Crippen LogP contribution >= 0.6 is 11.6 Å². The maximum absolute atomic E-state index is 10.8. The van der Waals surface area contributed by atoms with Crippen LogP contribution in [0, 0.1) is 10.1 Å². The van der Waals surface area contributed by atoms with Gasteiger partial charge in [-0.1, -0.05) is 17.7 Å². The molecule has 1 saturated heterocycles. The summed E-state index contributed by atoms with van der Waals surface area (Å²) in [7, 11) is 0. The molecule has 1 aliphatic heterocycles. The molecule has 1 aromatic rings. The lowest BCUT2D eigenvalue weighted by Gasteiger charge is -2.34. The van der Waals surface area contributed by atoms with Crippen LogP contribution < -0.4 is 5.32 Å². The number of rotatable bonds is 4. The molecule has 0 aliphatic carbocycles. The maximum atomic E-state index is 10.8. The first kappa shape index (κ1) is 14.2. The van der Waals surface area contributed by atoms with Crippen LogP contribution in [0.1, 0.15) is 25.3 Å². The van der Waals surface area contributed by atoms with Crippen LogP contribution in [-0.4, -0.2) is 23.7 Å². The Hall–Kier alpha value is -1.17. The van der Waals surface area contributed by atoms with E-state index in [4.69, 9.17) is 16.3 Å². The van der Waals surface area contributed by atoms with Gasteiger partial charge in [-0.05, 0) is 31.4 Å². The summed E-state index contributed by atoms with van der Waals surface area (Å²) < 4.78 is 5.34. The number of hydrogen-bond donors (Lipinski definition) is 1. The first-order chi connectivity index (χ1) is 9.00. The monoisotopic (exact) mass is 284 g/mol. The van der Waals surface area contributed by atoms with Gasteiger partial charge in [-0.3, -0.25) is 10.1 Å². The molecule has 0 unspecified atom stereocenters. The van der Waals surface area contributed by atoms with Crippen LogP contribution in [0.15, 0.2) is 18.2 Å². The normalized spacial score (nSPS) is 18.2. The Labute approximate surface area is 117 Å². The minimum atomic E-state index is -0.456. The molecule has 0 spiro atoms. The van der Waals surface area contributed by atoms with Crippen LogP contribution in [-0.2, 0) is 11.3 Å². The molecule has 0 radical (unpaired) electrons. The zero-order valence-electron chi connectivity index (χ0n) is 10.8. The van der Waals surface area contributed by atoms with Crippen molar-refractivity contribution in [2.24, 2.45) is 0 Å². The molecule has 6 heteroatoms. The Bertz CT molecular complexity index is 473. The van der Waals surface area contributed by atoms with Gasteiger partial charge in [-0.25, -0.2) is 0 Å². The number of nitro benzene ring substituents is 1. The minimum absolute atomic E-state index is 0.0344. The molecule has 104 valence electrons. The molecule has 1 fully saturated rings.